The summed E-state index contributed by atoms with van der Waals surface area (Å²) < 4.78 is 26.3. The molecule has 0 aliphatic heterocycles. The van der Waals surface area contributed by atoms with Crippen LogP contribution >= 0.6 is 0 Å². The van der Waals surface area contributed by atoms with Crippen molar-refractivity contribution in [1.82, 2.24) is 10.3 Å². The van der Waals surface area contributed by atoms with Crippen molar-refractivity contribution < 1.29 is 13.6 Å². The Morgan fingerprint density at radius 3 is 2.48 bits per heavy atom. The van der Waals surface area contributed by atoms with Crippen LogP contribution in [0.25, 0.3) is 0 Å². The molecule has 1 N–H and O–H groups in total. The van der Waals surface area contributed by atoms with E-state index in [1.165, 1.54) is 12.1 Å². The zero-order valence-corrected chi connectivity index (χ0v) is 13.2. The molecule has 2 aromatic rings. The molecule has 1 heterocycles. The van der Waals surface area contributed by atoms with Gasteiger partial charge in [-0.2, -0.15) is 0 Å². The van der Waals surface area contributed by atoms with E-state index >= 15 is 0 Å². The first-order valence-corrected chi connectivity index (χ1v) is 7.60. The molecule has 2 rings (SSSR count). The van der Waals surface area contributed by atoms with Crippen LogP contribution in [0.5, 0.6) is 0 Å². The number of aromatic nitrogens is 1. The minimum absolute atomic E-state index is 0.107. The predicted molar refractivity (Wildman–Crippen MR) is 84.9 cm³/mol. The van der Waals surface area contributed by atoms with Crippen molar-refractivity contribution in [3.63, 3.8) is 0 Å². The van der Waals surface area contributed by atoms with E-state index in [0.29, 0.717) is 18.5 Å². The van der Waals surface area contributed by atoms with E-state index in [2.05, 4.69) is 10.3 Å². The van der Waals surface area contributed by atoms with E-state index < -0.39 is 11.6 Å². The fourth-order valence-electron chi connectivity index (χ4n) is 2.59. The van der Waals surface area contributed by atoms with Gasteiger partial charge in [0.05, 0.1) is 5.92 Å². The fraction of sp³-hybridized carbons (Fsp3) is 0.333. The maximum atomic E-state index is 13.1. The van der Waals surface area contributed by atoms with Crippen LogP contribution < -0.4 is 5.32 Å². The molecule has 1 atom stereocenters. The number of halogens is 2. The van der Waals surface area contributed by atoms with Gasteiger partial charge in [-0.1, -0.05) is 19.9 Å². The largest absolute Gasteiger partial charge is 0.355 e. The molecule has 23 heavy (non-hydrogen) atoms. The Hall–Kier alpha value is -2.30. The SMILES string of the molecule is CC(C)[C@H](C(=O)NCCc1cc(F)cc(F)c1)c1cccnc1. The number of rotatable bonds is 6. The molecule has 0 aliphatic rings. The van der Waals surface area contributed by atoms with E-state index in [4.69, 9.17) is 0 Å². The lowest BCUT2D eigenvalue weighted by Crippen LogP contribution is -2.33. The molecule has 1 aromatic carbocycles. The van der Waals surface area contributed by atoms with Gasteiger partial charge in [0, 0.05) is 25.0 Å². The monoisotopic (exact) mass is 318 g/mol. The summed E-state index contributed by atoms with van der Waals surface area (Å²) in [6.07, 6.45) is 3.72. The summed E-state index contributed by atoms with van der Waals surface area (Å²) in [4.78, 5) is 16.5. The first kappa shape index (κ1) is 17.1. The number of nitrogens with zero attached hydrogens (tertiary/aromatic N) is 1. The average Bonchev–Trinajstić information content (AvgIpc) is 2.47. The van der Waals surface area contributed by atoms with E-state index in [-0.39, 0.29) is 17.7 Å². The highest BCUT2D eigenvalue weighted by Crippen LogP contribution is 2.23. The summed E-state index contributed by atoms with van der Waals surface area (Å²) in [6.45, 7) is 4.27. The molecule has 0 radical (unpaired) electrons. The van der Waals surface area contributed by atoms with Gasteiger partial charge in [-0.3, -0.25) is 9.78 Å². The van der Waals surface area contributed by atoms with Crippen LogP contribution in [0.15, 0.2) is 42.7 Å². The van der Waals surface area contributed by atoms with E-state index in [0.717, 1.165) is 11.6 Å². The van der Waals surface area contributed by atoms with Crippen molar-refractivity contribution in [2.24, 2.45) is 5.92 Å². The zero-order valence-electron chi connectivity index (χ0n) is 13.2. The topological polar surface area (TPSA) is 42.0 Å². The van der Waals surface area contributed by atoms with E-state index in [1.807, 2.05) is 19.9 Å². The first-order valence-electron chi connectivity index (χ1n) is 7.60. The van der Waals surface area contributed by atoms with Gasteiger partial charge in [-0.05, 0) is 41.7 Å². The molecule has 1 amide bonds. The molecule has 0 bridgehead atoms. The molecular weight excluding hydrogens is 298 g/mol. The minimum atomic E-state index is -0.609. The van der Waals surface area contributed by atoms with Crippen LogP contribution in [0.4, 0.5) is 8.78 Å². The molecular formula is C18H20F2N2O. The number of hydrogen-bond acceptors (Lipinski definition) is 2. The Bertz CT molecular complexity index is 639. The number of benzene rings is 1. The van der Waals surface area contributed by atoms with Crippen LogP contribution in [0.3, 0.4) is 0 Å². The van der Waals surface area contributed by atoms with Crippen molar-refractivity contribution in [2.45, 2.75) is 26.2 Å². The summed E-state index contributed by atoms with van der Waals surface area (Å²) in [5.41, 5.74) is 1.38. The number of carbonyl (C=O) groups excluding carboxylic acids is 1. The maximum absolute atomic E-state index is 13.1. The number of hydrogen-bond donors (Lipinski definition) is 1. The lowest BCUT2D eigenvalue weighted by atomic mass is 9.88. The van der Waals surface area contributed by atoms with Crippen LogP contribution in [0, 0.1) is 17.6 Å². The van der Waals surface area contributed by atoms with Crippen LogP contribution in [0.1, 0.15) is 30.9 Å². The van der Waals surface area contributed by atoms with Crippen LogP contribution in [0.2, 0.25) is 0 Å². The van der Waals surface area contributed by atoms with Crippen LogP contribution in [-0.4, -0.2) is 17.4 Å². The average molecular weight is 318 g/mol. The third kappa shape index (κ3) is 4.84. The molecule has 5 heteroatoms. The third-order valence-electron chi connectivity index (χ3n) is 3.63. The number of nitrogens with one attached hydrogen (secondary N) is 1. The van der Waals surface area contributed by atoms with Gasteiger partial charge >= 0.3 is 0 Å². The van der Waals surface area contributed by atoms with Gasteiger partial charge < -0.3 is 5.32 Å². The van der Waals surface area contributed by atoms with Gasteiger partial charge in [-0.25, -0.2) is 8.78 Å². The molecule has 0 unspecified atom stereocenters. The van der Waals surface area contributed by atoms with Gasteiger partial charge in [0.2, 0.25) is 5.91 Å². The molecule has 0 saturated carbocycles. The summed E-state index contributed by atoms with van der Waals surface area (Å²) in [6, 6.07) is 7.05. The summed E-state index contributed by atoms with van der Waals surface area (Å²) >= 11 is 0. The summed E-state index contributed by atoms with van der Waals surface area (Å²) in [5.74, 6) is -1.51. The molecule has 122 valence electrons. The standard InChI is InChI=1S/C18H20F2N2O/c1-12(2)17(14-4-3-6-21-11-14)18(23)22-7-5-13-8-15(19)10-16(20)9-13/h3-4,6,8-12,17H,5,7H2,1-2H3,(H,22,23)/t17-/m0/s1. The highest BCUT2D eigenvalue weighted by molar-refractivity contribution is 5.83. The van der Waals surface area contributed by atoms with Crippen LogP contribution in [-0.2, 0) is 11.2 Å². The maximum Gasteiger partial charge on any atom is 0.227 e. The molecule has 0 aliphatic carbocycles. The van der Waals surface area contributed by atoms with Gasteiger partial charge in [0.1, 0.15) is 11.6 Å². The quantitative estimate of drug-likeness (QED) is 0.886. The molecule has 0 spiro atoms. The van der Waals surface area contributed by atoms with Crippen molar-refractivity contribution in [2.75, 3.05) is 6.54 Å². The number of pyridine rings is 1. The minimum Gasteiger partial charge on any atom is -0.355 e. The second kappa shape index (κ2) is 7.81. The van der Waals surface area contributed by atoms with Crippen molar-refractivity contribution in [1.29, 1.82) is 0 Å². The molecule has 3 nitrogen and oxygen atoms in total. The Labute approximate surface area is 134 Å². The van der Waals surface area contributed by atoms with E-state index in [9.17, 15) is 13.6 Å². The first-order chi connectivity index (χ1) is 11.0. The third-order valence-corrected chi connectivity index (χ3v) is 3.63. The summed E-state index contributed by atoms with van der Waals surface area (Å²) in [5, 5.41) is 2.84. The zero-order chi connectivity index (χ0) is 16.8. The van der Waals surface area contributed by atoms with Crippen molar-refractivity contribution in [3.8, 4) is 0 Å². The smallest absolute Gasteiger partial charge is 0.227 e. The fourth-order valence-corrected chi connectivity index (χ4v) is 2.59. The Morgan fingerprint density at radius 2 is 1.91 bits per heavy atom. The molecule has 0 fully saturated rings. The van der Waals surface area contributed by atoms with Gasteiger partial charge in [-0.15, -0.1) is 0 Å². The molecule has 1 aromatic heterocycles. The van der Waals surface area contributed by atoms with E-state index in [1.54, 1.807) is 18.5 Å². The Morgan fingerprint density at radius 1 is 1.22 bits per heavy atom. The summed E-state index contributed by atoms with van der Waals surface area (Å²) in [7, 11) is 0. The second-order valence-corrected chi connectivity index (χ2v) is 5.83. The van der Waals surface area contributed by atoms with Gasteiger partial charge in [0.25, 0.3) is 0 Å². The highest BCUT2D eigenvalue weighted by Gasteiger charge is 2.23. The van der Waals surface area contributed by atoms with Crippen molar-refractivity contribution >= 4 is 5.91 Å². The second-order valence-electron chi connectivity index (χ2n) is 5.83. The highest BCUT2D eigenvalue weighted by atomic mass is 19.1. The Balaban J connectivity index is 1.97. The normalized spacial score (nSPS) is 12.2. The Kier molecular flexibility index (Phi) is 5.79. The number of carbonyl (C=O) groups is 1. The number of amides is 1. The molecule has 0 saturated heterocycles. The van der Waals surface area contributed by atoms with Gasteiger partial charge in [0.15, 0.2) is 0 Å². The lowest BCUT2D eigenvalue weighted by Gasteiger charge is -2.20. The lowest BCUT2D eigenvalue weighted by molar-refractivity contribution is -0.123. The predicted octanol–water partition coefficient (Wildman–Crippen LogP) is 3.46. The van der Waals surface area contributed by atoms with Crippen molar-refractivity contribution in [3.05, 3.63) is 65.5 Å².